The van der Waals surface area contributed by atoms with E-state index in [9.17, 15) is 13.2 Å². The summed E-state index contributed by atoms with van der Waals surface area (Å²) in [5.41, 5.74) is 0.852. The average molecular weight is 304 g/mol. The van der Waals surface area contributed by atoms with Crippen molar-refractivity contribution < 1.29 is 13.2 Å². The molecule has 1 atom stereocenters. The summed E-state index contributed by atoms with van der Waals surface area (Å²) >= 11 is 0. The lowest BCUT2D eigenvalue weighted by molar-refractivity contribution is 0.0740. The van der Waals surface area contributed by atoms with Crippen molar-refractivity contribution in [3.8, 4) is 0 Å². The molecule has 4 nitrogen and oxygen atoms in total. The van der Waals surface area contributed by atoms with Crippen LogP contribution in [0.2, 0.25) is 0 Å². The van der Waals surface area contributed by atoms with E-state index in [1.54, 1.807) is 31.0 Å². The van der Waals surface area contributed by atoms with Crippen LogP contribution in [0.3, 0.4) is 0 Å². The van der Waals surface area contributed by atoms with Crippen molar-refractivity contribution in [2.45, 2.75) is 38.1 Å². The number of carbonyl (C=O) groups excluding carboxylic acids is 1. The number of benzene rings is 1. The number of hydrogen-bond acceptors (Lipinski definition) is 3. The fourth-order valence-electron chi connectivity index (χ4n) is 1.67. The summed E-state index contributed by atoms with van der Waals surface area (Å²) in [6.07, 6.45) is 0.828. The average Bonchev–Trinajstić information content (AvgIpc) is 2.35. The van der Waals surface area contributed by atoms with Gasteiger partial charge in [-0.2, -0.15) is 0 Å². The van der Waals surface area contributed by atoms with Gasteiger partial charge in [0.1, 0.15) is 0 Å². The molecule has 0 aromatic heterocycles. The predicted molar refractivity (Wildman–Crippen MR) is 76.1 cm³/mol. The molecule has 1 unspecified atom stereocenters. The molecule has 0 saturated carbocycles. The first-order valence-electron chi connectivity index (χ1n) is 6.01. The van der Waals surface area contributed by atoms with Crippen molar-refractivity contribution in [1.82, 2.24) is 4.90 Å². The molecule has 0 aliphatic carbocycles. The van der Waals surface area contributed by atoms with Crippen molar-refractivity contribution in [3.63, 3.8) is 0 Å². The summed E-state index contributed by atoms with van der Waals surface area (Å²) in [4.78, 5) is 13.8. The van der Waals surface area contributed by atoms with E-state index in [0.29, 0.717) is 11.1 Å². The van der Waals surface area contributed by atoms with Crippen LogP contribution in [0.25, 0.3) is 0 Å². The van der Waals surface area contributed by atoms with Crippen LogP contribution < -0.4 is 0 Å². The van der Waals surface area contributed by atoms with Crippen LogP contribution in [0.5, 0.6) is 0 Å². The van der Waals surface area contributed by atoms with Crippen LogP contribution in [0.1, 0.15) is 36.2 Å². The molecule has 0 bridgehead atoms. The van der Waals surface area contributed by atoms with Crippen LogP contribution in [0.4, 0.5) is 0 Å². The van der Waals surface area contributed by atoms with Crippen LogP contribution in [-0.4, -0.2) is 32.3 Å². The summed E-state index contributed by atoms with van der Waals surface area (Å²) in [6, 6.07) is 4.62. The van der Waals surface area contributed by atoms with Crippen LogP contribution in [0.15, 0.2) is 23.1 Å². The van der Waals surface area contributed by atoms with Gasteiger partial charge in [-0.15, -0.1) is 0 Å². The third-order valence-corrected chi connectivity index (χ3v) is 4.73. The first-order chi connectivity index (χ1) is 8.68. The van der Waals surface area contributed by atoms with Crippen LogP contribution in [0, 0.1) is 6.92 Å². The van der Waals surface area contributed by atoms with Gasteiger partial charge < -0.3 is 4.90 Å². The van der Waals surface area contributed by atoms with Crippen molar-refractivity contribution in [2.24, 2.45) is 0 Å². The Labute approximate surface area is 118 Å². The number of halogens is 1. The minimum absolute atomic E-state index is 0.0161. The Balaban J connectivity index is 3.20. The van der Waals surface area contributed by atoms with E-state index in [1.165, 1.54) is 6.07 Å². The van der Waals surface area contributed by atoms with Gasteiger partial charge in [0.2, 0.25) is 0 Å². The third kappa shape index (κ3) is 3.70. The number of carbonyl (C=O) groups is 1. The largest absolute Gasteiger partial charge is 0.339 e. The van der Waals surface area contributed by atoms with E-state index in [1.807, 2.05) is 13.8 Å². The van der Waals surface area contributed by atoms with E-state index in [-0.39, 0.29) is 16.8 Å². The Morgan fingerprint density at radius 2 is 2.00 bits per heavy atom. The normalized spacial score (nSPS) is 13.1. The van der Waals surface area contributed by atoms with E-state index < -0.39 is 9.05 Å². The van der Waals surface area contributed by atoms with Gasteiger partial charge in [0.25, 0.3) is 15.0 Å². The smallest absolute Gasteiger partial charge is 0.261 e. The zero-order chi connectivity index (χ0) is 14.8. The van der Waals surface area contributed by atoms with Crippen LogP contribution >= 0.6 is 10.7 Å². The number of aryl methyl sites for hydroxylation is 1. The lowest BCUT2D eigenvalue weighted by Crippen LogP contribution is -2.34. The third-order valence-electron chi connectivity index (χ3n) is 3.27. The lowest BCUT2D eigenvalue weighted by Gasteiger charge is -2.24. The first kappa shape index (κ1) is 16.0. The topological polar surface area (TPSA) is 54.5 Å². The Morgan fingerprint density at radius 1 is 1.42 bits per heavy atom. The fourth-order valence-corrected chi connectivity index (χ4v) is 2.89. The van der Waals surface area contributed by atoms with Crippen molar-refractivity contribution >= 4 is 25.6 Å². The second-order valence-corrected chi connectivity index (χ2v) is 7.13. The molecule has 19 heavy (non-hydrogen) atoms. The highest BCUT2D eigenvalue weighted by Crippen LogP contribution is 2.22. The Kier molecular flexibility index (Phi) is 4.98. The highest BCUT2D eigenvalue weighted by Gasteiger charge is 2.20. The maximum absolute atomic E-state index is 12.2. The zero-order valence-corrected chi connectivity index (χ0v) is 13.0. The van der Waals surface area contributed by atoms with E-state index >= 15 is 0 Å². The molecule has 0 fully saturated rings. The van der Waals surface area contributed by atoms with Gasteiger partial charge in [0.15, 0.2) is 0 Å². The molecule has 1 amide bonds. The Bertz CT molecular complexity index is 584. The van der Waals surface area contributed by atoms with Gasteiger partial charge >= 0.3 is 0 Å². The molecule has 0 spiro atoms. The molecular weight excluding hydrogens is 286 g/mol. The zero-order valence-electron chi connectivity index (χ0n) is 11.5. The van der Waals surface area contributed by atoms with E-state index in [2.05, 4.69) is 0 Å². The summed E-state index contributed by atoms with van der Waals surface area (Å²) in [6.45, 7) is 5.56. The van der Waals surface area contributed by atoms with Gasteiger partial charge in [-0.05, 0) is 38.0 Å². The number of amides is 1. The van der Waals surface area contributed by atoms with Crippen molar-refractivity contribution in [1.29, 1.82) is 0 Å². The molecule has 1 aromatic rings. The maximum Gasteiger partial charge on any atom is 0.261 e. The number of nitrogens with zero attached hydrogens (tertiary/aromatic N) is 1. The first-order valence-corrected chi connectivity index (χ1v) is 8.31. The number of hydrogen-bond donors (Lipinski definition) is 0. The monoisotopic (exact) mass is 303 g/mol. The predicted octanol–water partition coefficient (Wildman–Crippen LogP) is 2.79. The second-order valence-electron chi connectivity index (χ2n) is 4.59. The molecule has 106 valence electrons. The molecular formula is C13H18ClNO3S. The highest BCUT2D eigenvalue weighted by atomic mass is 35.7. The maximum atomic E-state index is 12.2. The summed E-state index contributed by atoms with van der Waals surface area (Å²) in [7, 11) is 3.22. The quantitative estimate of drug-likeness (QED) is 0.804. The minimum atomic E-state index is -3.84. The highest BCUT2D eigenvalue weighted by molar-refractivity contribution is 8.13. The summed E-state index contributed by atoms with van der Waals surface area (Å²) < 4.78 is 22.9. The molecule has 0 aliphatic rings. The minimum Gasteiger partial charge on any atom is -0.339 e. The second kappa shape index (κ2) is 5.92. The molecule has 0 aliphatic heterocycles. The molecule has 6 heteroatoms. The molecule has 0 radical (unpaired) electrons. The molecule has 0 heterocycles. The summed E-state index contributed by atoms with van der Waals surface area (Å²) in [5.74, 6) is -0.212. The van der Waals surface area contributed by atoms with Gasteiger partial charge in [-0.1, -0.05) is 13.0 Å². The van der Waals surface area contributed by atoms with Crippen molar-refractivity contribution in [2.75, 3.05) is 7.05 Å². The van der Waals surface area contributed by atoms with Crippen molar-refractivity contribution in [3.05, 3.63) is 29.3 Å². The molecule has 0 N–H and O–H groups in total. The van der Waals surface area contributed by atoms with Gasteiger partial charge in [-0.25, -0.2) is 8.42 Å². The van der Waals surface area contributed by atoms with E-state index in [0.717, 1.165) is 6.42 Å². The molecule has 1 rings (SSSR count). The van der Waals surface area contributed by atoms with E-state index in [4.69, 9.17) is 10.7 Å². The van der Waals surface area contributed by atoms with Gasteiger partial charge in [0.05, 0.1) is 4.90 Å². The molecule has 1 aromatic carbocycles. The Morgan fingerprint density at radius 3 is 2.47 bits per heavy atom. The number of rotatable bonds is 4. The molecule has 0 saturated heterocycles. The Hall–Kier alpha value is -1.07. The van der Waals surface area contributed by atoms with Gasteiger partial charge in [-0.3, -0.25) is 4.79 Å². The van der Waals surface area contributed by atoms with Crippen LogP contribution in [-0.2, 0) is 9.05 Å². The van der Waals surface area contributed by atoms with Gasteiger partial charge in [0, 0.05) is 29.3 Å². The fraction of sp³-hybridized carbons (Fsp3) is 0.462. The lowest BCUT2D eigenvalue weighted by atomic mass is 10.1. The SMILES string of the molecule is CCC(C)N(C)C(=O)c1ccc(C)c(S(=O)(=O)Cl)c1. The summed E-state index contributed by atoms with van der Waals surface area (Å²) in [5, 5.41) is 0. The standard InChI is InChI=1S/C13H18ClNO3S/c1-5-10(3)15(4)13(16)11-7-6-9(2)12(8-11)19(14,17)18/h6-8,10H,5H2,1-4H3.